The molecule has 0 spiro atoms. The lowest BCUT2D eigenvalue weighted by Crippen LogP contribution is -2.47. The van der Waals surface area contributed by atoms with Crippen molar-refractivity contribution in [2.75, 3.05) is 5.48 Å². The lowest BCUT2D eigenvalue weighted by Gasteiger charge is -2.33. The summed E-state index contributed by atoms with van der Waals surface area (Å²) < 4.78 is 6.48. The second kappa shape index (κ2) is 7.94. The number of aliphatic hydroxyl groups excluding tert-OH is 2. The molecule has 0 bridgehead atoms. The summed E-state index contributed by atoms with van der Waals surface area (Å²) in [4.78, 5) is 28.4. The van der Waals surface area contributed by atoms with Gasteiger partial charge < -0.3 is 20.1 Å². The third-order valence-electron chi connectivity index (χ3n) is 4.63. The van der Waals surface area contributed by atoms with Gasteiger partial charge in [0, 0.05) is 6.20 Å². The average Bonchev–Trinajstić information content (AvgIpc) is 2.97. The molecule has 150 valence electrons. The second-order valence-electron chi connectivity index (χ2n) is 6.29. The summed E-state index contributed by atoms with van der Waals surface area (Å²) in [5.74, 6) is -0.115. The van der Waals surface area contributed by atoms with Crippen LogP contribution in [0.5, 0.6) is 0 Å². The lowest BCUT2D eigenvalue weighted by atomic mass is 10.1. The van der Waals surface area contributed by atoms with Crippen LogP contribution in [0.15, 0.2) is 47.4 Å². The number of anilines is 1. The fourth-order valence-corrected chi connectivity index (χ4v) is 3.16. The van der Waals surface area contributed by atoms with Gasteiger partial charge in [0.2, 0.25) is 0 Å². The third kappa shape index (κ3) is 3.55. The molecule has 1 aromatic carbocycles. The number of benzene rings is 1. The van der Waals surface area contributed by atoms with Gasteiger partial charge in [-0.15, -0.1) is 0 Å². The largest absolute Gasteiger partial charge is 0.465 e. The van der Waals surface area contributed by atoms with Crippen LogP contribution in [0.4, 0.5) is 10.6 Å². The number of nitrogens with zero attached hydrogens (tertiary/aromatic N) is 3. The van der Waals surface area contributed by atoms with E-state index in [9.17, 15) is 24.9 Å². The molecule has 1 saturated heterocycles. The highest BCUT2D eigenvalue weighted by Gasteiger charge is 2.49. The first-order valence-corrected chi connectivity index (χ1v) is 8.42. The number of aliphatic hydroxyl groups is 2. The monoisotopic (exact) mass is 392 g/mol. The normalized spacial score (nSPS) is 25.3. The second-order valence-corrected chi connectivity index (χ2v) is 6.29. The Morgan fingerprint density at radius 1 is 1.25 bits per heavy atom. The molecule has 1 fully saturated rings. The first kappa shape index (κ1) is 19.8. The van der Waals surface area contributed by atoms with Gasteiger partial charge in [0.05, 0.1) is 6.04 Å². The van der Waals surface area contributed by atoms with Crippen molar-refractivity contribution in [2.24, 2.45) is 0 Å². The Labute approximate surface area is 159 Å². The van der Waals surface area contributed by atoms with Crippen molar-refractivity contribution >= 4 is 11.9 Å². The average molecular weight is 392 g/mol. The molecule has 5 N–H and O–H groups in total. The van der Waals surface area contributed by atoms with Crippen LogP contribution in [0.1, 0.15) is 24.8 Å². The van der Waals surface area contributed by atoms with Crippen molar-refractivity contribution in [2.45, 2.75) is 37.6 Å². The molecule has 1 aromatic heterocycles. The van der Waals surface area contributed by atoms with Crippen LogP contribution in [0.2, 0.25) is 0 Å². The van der Waals surface area contributed by atoms with Gasteiger partial charge in [-0.05, 0) is 18.6 Å². The highest BCUT2D eigenvalue weighted by molar-refractivity contribution is 5.66. The Kier molecular flexibility index (Phi) is 5.61. The predicted molar refractivity (Wildman–Crippen MR) is 94.6 cm³/mol. The number of carboxylic acid groups (broad SMARTS) is 1. The van der Waals surface area contributed by atoms with E-state index in [1.165, 1.54) is 12.3 Å². The van der Waals surface area contributed by atoms with Crippen LogP contribution in [0.25, 0.3) is 0 Å². The quantitative estimate of drug-likeness (QED) is 0.453. The van der Waals surface area contributed by atoms with Gasteiger partial charge in [0.1, 0.15) is 12.2 Å². The highest BCUT2D eigenvalue weighted by atomic mass is 16.6. The number of carbonyl (C=O) groups is 1. The van der Waals surface area contributed by atoms with E-state index >= 15 is 0 Å². The topological polar surface area (TPSA) is 157 Å². The van der Waals surface area contributed by atoms with Gasteiger partial charge in [-0.2, -0.15) is 4.98 Å². The van der Waals surface area contributed by atoms with E-state index in [0.717, 1.165) is 9.47 Å². The van der Waals surface area contributed by atoms with E-state index in [1.54, 1.807) is 42.7 Å². The summed E-state index contributed by atoms with van der Waals surface area (Å²) in [5.41, 5.74) is 1.51. The van der Waals surface area contributed by atoms with Gasteiger partial charge in [0.25, 0.3) is 0 Å². The zero-order chi connectivity index (χ0) is 20.4. The zero-order valence-electron chi connectivity index (χ0n) is 14.8. The smallest absolute Gasteiger partial charge is 0.409 e. The molecule has 1 aliphatic rings. The molecule has 28 heavy (non-hydrogen) atoms. The Morgan fingerprint density at radius 3 is 2.50 bits per heavy atom. The minimum absolute atomic E-state index is 0.115. The minimum atomic E-state index is -1.60. The number of hydrogen-bond donors (Lipinski definition) is 5. The Morgan fingerprint density at radius 2 is 1.93 bits per heavy atom. The maximum Gasteiger partial charge on any atom is 0.409 e. The number of rotatable bonds is 5. The highest BCUT2D eigenvalue weighted by Crippen LogP contribution is 2.34. The number of ether oxygens (including phenoxy) is 1. The van der Waals surface area contributed by atoms with Crippen LogP contribution < -0.4 is 11.2 Å². The van der Waals surface area contributed by atoms with Crippen molar-refractivity contribution in [3.05, 3.63) is 58.6 Å². The van der Waals surface area contributed by atoms with Gasteiger partial charge in [-0.3, -0.25) is 20.2 Å². The molecular weight excluding hydrogens is 372 g/mol. The van der Waals surface area contributed by atoms with Crippen molar-refractivity contribution in [1.29, 1.82) is 0 Å². The van der Waals surface area contributed by atoms with Crippen LogP contribution in [-0.2, 0) is 4.74 Å². The number of hydrogen-bond acceptors (Lipinski definition) is 8. The van der Waals surface area contributed by atoms with Gasteiger partial charge >= 0.3 is 11.8 Å². The van der Waals surface area contributed by atoms with Crippen molar-refractivity contribution in [1.82, 2.24) is 14.5 Å². The maximum absolute atomic E-state index is 12.1. The van der Waals surface area contributed by atoms with E-state index in [0.29, 0.717) is 5.56 Å². The summed E-state index contributed by atoms with van der Waals surface area (Å²) in [6, 6.07) is 9.29. The molecule has 0 aliphatic carbocycles. The fraction of sp³-hybridized carbons (Fsp3) is 0.353. The SMILES string of the molecule is C[C@@H](c1ccccc1)N(C(=O)O)[C@@H]1O[C@@H](n2ccc(NO)nc2=O)[C@H](O)[C@@H]1O. The van der Waals surface area contributed by atoms with E-state index in [-0.39, 0.29) is 5.82 Å². The molecule has 2 aromatic rings. The van der Waals surface area contributed by atoms with E-state index in [4.69, 9.17) is 9.94 Å². The summed E-state index contributed by atoms with van der Waals surface area (Å²) in [7, 11) is 0. The molecule has 3 rings (SSSR count). The van der Waals surface area contributed by atoms with Crippen LogP contribution >= 0.6 is 0 Å². The van der Waals surface area contributed by atoms with E-state index in [1.807, 2.05) is 0 Å². The first-order chi connectivity index (χ1) is 13.3. The number of aromatic nitrogens is 2. The molecule has 11 nitrogen and oxygen atoms in total. The number of amides is 1. The van der Waals surface area contributed by atoms with E-state index in [2.05, 4.69) is 4.98 Å². The Bertz CT molecular complexity index is 891. The Balaban J connectivity index is 1.91. The molecular formula is C17H20N4O7. The summed E-state index contributed by atoms with van der Waals surface area (Å²) in [5, 5.41) is 39.3. The molecule has 0 radical (unpaired) electrons. The summed E-state index contributed by atoms with van der Waals surface area (Å²) in [6.45, 7) is 1.62. The standard InChI is InChI=1S/C17H20N4O7/c1-9(10-5-3-2-4-6-10)21(17(25)26)15-13(23)12(22)14(28-15)20-8-7-11(19-27)18-16(20)24/h2-9,12-15,22-23,27H,1H3,(H,25,26)(H,18,19,24)/t9-,12+,13-,14+,15+/m0/s1. The molecule has 0 saturated carbocycles. The molecule has 2 heterocycles. The van der Waals surface area contributed by atoms with Gasteiger partial charge in [-0.1, -0.05) is 30.3 Å². The Hall–Kier alpha value is -2.99. The molecule has 0 unspecified atom stereocenters. The lowest BCUT2D eigenvalue weighted by molar-refractivity contribution is -0.108. The van der Waals surface area contributed by atoms with Crippen molar-refractivity contribution < 1.29 is 30.1 Å². The molecule has 11 heteroatoms. The van der Waals surface area contributed by atoms with E-state index < -0.39 is 42.5 Å². The van der Waals surface area contributed by atoms with Crippen LogP contribution in [-0.4, -0.2) is 59.5 Å². The summed E-state index contributed by atoms with van der Waals surface area (Å²) >= 11 is 0. The fourth-order valence-electron chi connectivity index (χ4n) is 3.16. The third-order valence-corrected chi connectivity index (χ3v) is 4.63. The van der Waals surface area contributed by atoms with Gasteiger partial charge in [-0.25, -0.2) is 9.59 Å². The molecule has 5 atom stereocenters. The van der Waals surface area contributed by atoms with Crippen molar-refractivity contribution in [3.63, 3.8) is 0 Å². The predicted octanol–water partition coefficient (Wildman–Crippen LogP) is 0.362. The van der Waals surface area contributed by atoms with Gasteiger partial charge in [0.15, 0.2) is 18.3 Å². The molecule has 1 aliphatic heterocycles. The van der Waals surface area contributed by atoms with Crippen LogP contribution in [0.3, 0.4) is 0 Å². The zero-order valence-corrected chi connectivity index (χ0v) is 14.8. The van der Waals surface area contributed by atoms with Crippen LogP contribution in [0, 0.1) is 0 Å². The molecule has 1 amide bonds. The first-order valence-electron chi connectivity index (χ1n) is 8.42. The minimum Gasteiger partial charge on any atom is -0.465 e. The maximum atomic E-state index is 12.1. The summed E-state index contributed by atoms with van der Waals surface area (Å²) in [6.07, 6.45) is -6.13. The number of nitrogens with one attached hydrogen (secondary N) is 1. The van der Waals surface area contributed by atoms with Crippen molar-refractivity contribution in [3.8, 4) is 0 Å².